The van der Waals surface area contributed by atoms with E-state index in [1.807, 2.05) is 12.1 Å². The highest BCUT2D eigenvalue weighted by molar-refractivity contribution is 14.1. The smallest absolute Gasteiger partial charge is 0.275 e. The number of aromatic nitrogens is 2. The predicted molar refractivity (Wildman–Crippen MR) is 99.4 cm³/mol. The Hall–Kier alpha value is -1.41. The molecule has 1 aliphatic rings. The van der Waals surface area contributed by atoms with Crippen LogP contribution in [0.5, 0.6) is 0 Å². The van der Waals surface area contributed by atoms with E-state index in [4.69, 9.17) is 0 Å². The summed E-state index contributed by atoms with van der Waals surface area (Å²) in [6.07, 6.45) is 5.65. The summed E-state index contributed by atoms with van der Waals surface area (Å²) in [7, 11) is 1.78. The molecular formula is C17H21IN4O. The lowest BCUT2D eigenvalue weighted by molar-refractivity contribution is 0.101. The first-order chi connectivity index (χ1) is 11.1. The van der Waals surface area contributed by atoms with Gasteiger partial charge in [-0.15, -0.1) is 0 Å². The standard InChI is InChI=1S/C17H21IN4O/c1-21-16(15(18)11-19-21)17(23)20-14-7-5-13(6-8-14)12-22-9-3-2-4-10-22/h5-8,11H,2-4,9-10,12H2,1H3,(H,20,23). The molecule has 23 heavy (non-hydrogen) atoms. The van der Waals surface area contributed by atoms with Gasteiger partial charge >= 0.3 is 0 Å². The van der Waals surface area contributed by atoms with E-state index >= 15 is 0 Å². The maximum absolute atomic E-state index is 12.3. The predicted octanol–water partition coefficient (Wildman–Crippen LogP) is 3.26. The summed E-state index contributed by atoms with van der Waals surface area (Å²) in [5.74, 6) is -0.127. The summed E-state index contributed by atoms with van der Waals surface area (Å²) >= 11 is 2.13. The van der Waals surface area contributed by atoms with Crippen LogP contribution in [0.15, 0.2) is 30.5 Å². The number of hydrogen-bond acceptors (Lipinski definition) is 3. The third-order valence-corrected chi connectivity index (χ3v) is 4.97. The molecule has 1 amide bonds. The van der Waals surface area contributed by atoms with Gasteiger partial charge in [-0.25, -0.2) is 0 Å². The molecule has 5 nitrogen and oxygen atoms in total. The number of carbonyl (C=O) groups is 1. The quantitative estimate of drug-likeness (QED) is 0.767. The molecule has 1 aromatic heterocycles. The molecule has 0 unspecified atom stereocenters. The molecule has 0 radical (unpaired) electrons. The van der Waals surface area contributed by atoms with E-state index in [1.54, 1.807) is 17.9 Å². The van der Waals surface area contributed by atoms with Gasteiger partial charge < -0.3 is 5.32 Å². The fourth-order valence-electron chi connectivity index (χ4n) is 2.93. The maximum Gasteiger partial charge on any atom is 0.275 e. The Kier molecular flexibility index (Phi) is 5.32. The Labute approximate surface area is 150 Å². The van der Waals surface area contributed by atoms with Crippen LogP contribution in [0.3, 0.4) is 0 Å². The number of piperidine rings is 1. The summed E-state index contributed by atoms with van der Waals surface area (Å²) in [4.78, 5) is 14.8. The first-order valence-electron chi connectivity index (χ1n) is 7.93. The van der Waals surface area contributed by atoms with Crippen molar-refractivity contribution in [2.45, 2.75) is 25.8 Å². The number of aryl methyl sites for hydroxylation is 1. The lowest BCUT2D eigenvalue weighted by atomic mass is 10.1. The Bertz CT molecular complexity index is 655. The fourth-order valence-corrected chi connectivity index (χ4v) is 3.64. The number of benzene rings is 1. The average Bonchev–Trinajstić information content (AvgIpc) is 2.89. The van der Waals surface area contributed by atoms with Crippen molar-refractivity contribution < 1.29 is 4.79 Å². The normalized spacial score (nSPS) is 15.6. The number of nitrogens with zero attached hydrogens (tertiary/aromatic N) is 3. The van der Waals surface area contributed by atoms with Gasteiger partial charge in [0.25, 0.3) is 5.91 Å². The second-order valence-corrected chi connectivity index (χ2v) is 7.11. The highest BCUT2D eigenvalue weighted by Crippen LogP contribution is 2.17. The minimum atomic E-state index is -0.127. The van der Waals surface area contributed by atoms with Gasteiger partial charge in [0.1, 0.15) is 5.69 Å². The van der Waals surface area contributed by atoms with Gasteiger partial charge in [0, 0.05) is 19.3 Å². The molecule has 3 rings (SSSR count). The van der Waals surface area contributed by atoms with E-state index in [9.17, 15) is 4.79 Å². The van der Waals surface area contributed by atoms with Crippen molar-refractivity contribution >= 4 is 34.2 Å². The second kappa shape index (κ2) is 7.44. The largest absolute Gasteiger partial charge is 0.321 e. The Balaban J connectivity index is 1.62. The summed E-state index contributed by atoms with van der Waals surface area (Å²) in [6, 6.07) is 8.14. The Morgan fingerprint density at radius 1 is 1.22 bits per heavy atom. The van der Waals surface area contributed by atoms with Crippen molar-refractivity contribution in [3.63, 3.8) is 0 Å². The monoisotopic (exact) mass is 424 g/mol. The van der Waals surface area contributed by atoms with Gasteiger partial charge in [-0.1, -0.05) is 18.6 Å². The van der Waals surface area contributed by atoms with E-state index in [1.165, 1.54) is 37.9 Å². The number of carbonyl (C=O) groups excluding carboxylic acids is 1. The van der Waals surface area contributed by atoms with Crippen LogP contribution in [0, 0.1) is 3.57 Å². The fraction of sp³-hybridized carbons (Fsp3) is 0.412. The van der Waals surface area contributed by atoms with E-state index in [2.05, 4.69) is 50.0 Å². The van der Waals surface area contributed by atoms with E-state index < -0.39 is 0 Å². The zero-order valence-electron chi connectivity index (χ0n) is 13.3. The van der Waals surface area contributed by atoms with Crippen LogP contribution < -0.4 is 5.32 Å². The summed E-state index contributed by atoms with van der Waals surface area (Å²) < 4.78 is 2.45. The molecule has 0 spiro atoms. The molecule has 1 aliphatic heterocycles. The third kappa shape index (κ3) is 4.11. The first-order valence-corrected chi connectivity index (χ1v) is 9.01. The first kappa shape index (κ1) is 16.4. The van der Waals surface area contributed by atoms with E-state index in [0.29, 0.717) is 5.69 Å². The van der Waals surface area contributed by atoms with Crippen molar-refractivity contribution in [2.24, 2.45) is 7.05 Å². The van der Waals surface area contributed by atoms with Gasteiger partial charge in [-0.2, -0.15) is 5.10 Å². The van der Waals surface area contributed by atoms with Crippen molar-refractivity contribution in [2.75, 3.05) is 18.4 Å². The molecule has 1 fully saturated rings. The molecule has 0 saturated carbocycles. The SMILES string of the molecule is Cn1ncc(I)c1C(=O)Nc1ccc(CN2CCCCC2)cc1. The van der Waals surface area contributed by atoms with Gasteiger partial charge in [0.2, 0.25) is 0 Å². The average molecular weight is 424 g/mol. The van der Waals surface area contributed by atoms with Gasteiger partial charge in [0.05, 0.1) is 9.77 Å². The highest BCUT2D eigenvalue weighted by atomic mass is 127. The Morgan fingerprint density at radius 2 is 1.91 bits per heavy atom. The summed E-state index contributed by atoms with van der Waals surface area (Å²) in [6.45, 7) is 3.38. The summed E-state index contributed by atoms with van der Waals surface area (Å²) in [5.41, 5.74) is 2.69. The van der Waals surface area contributed by atoms with Crippen LogP contribution in [0.25, 0.3) is 0 Å². The van der Waals surface area contributed by atoms with Crippen molar-refractivity contribution in [3.8, 4) is 0 Å². The molecule has 1 N–H and O–H groups in total. The van der Waals surface area contributed by atoms with Gasteiger partial charge in [-0.05, 0) is 66.2 Å². The van der Waals surface area contributed by atoms with Gasteiger partial charge in [-0.3, -0.25) is 14.4 Å². The van der Waals surface area contributed by atoms with E-state index in [0.717, 1.165) is 15.8 Å². The number of halogens is 1. The molecule has 2 aromatic rings. The molecular weight excluding hydrogens is 403 g/mol. The molecule has 0 bridgehead atoms. The van der Waals surface area contributed by atoms with Crippen LogP contribution in [-0.2, 0) is 13.6 Å². The topological polar surface area (TPSA) is 50.2 Å². The third-order valence-electron chi connectivity index (χ3n) is 4.18. The van der Waals surface area contributed by atoms with Gasteiger partial charge in [0.15, 0.2) is 0 Å². The number of likely N-dealkylation sites (tertiary alicyclic amines) is 1. The van der Waals surface area contributed by atoms with Crippen LogP contribution in [0.4, 0.5) is 5.69 Å². The number of anilines is 1. The molecule has 1 aromatic carbocycles. The lowest BCUT2D eigenvalue weighted by Crippen LogP contribution is -2.29. The minimum absolute atomic E-state index is 0.127. The number of rotatable bonds is 4. The highest BCUT2D eigenvalue weighted by Gasteiger charge is 2.15. The maximum atomic E-state index is 12.3. The van der Waals surface area contributed by atoms with E-state index in [-0.39, 0.29) is 5.91 Å². The summed E-state index contributed by atoms with van der Waals surface area (Å²) in [5, 5.41) is 7.04. The van der Waals surface area contributed by atoms with Crippen molar-refractivity contribution in [1.82, 2.24) is 14.7 Å². The zero-order valence-corrected chi connectivity index (χ0v) is 15.4. The lowest BCUT2D eigenvalue weighted by Gasteiger charge is -2.26. The van der Waals surface area contributed by atoms with Crippen molar-refractivity contribution in [3.05, 3.63) is 45.3 Å². The van der Waals surface area contributed by atoms with Crippen LogP contribution in [0.2, 0.25) is 0 Å². The molecule has 122 valence electrons. The molecule has 6 heteroatoms. The van der Waals surface area contributed by atoms with Crippen LogP contribution in [-0.4, -0.2) is 33.7 Å². The van der Waals surface area contributed by atoms with Crippen LogP contribution in [0.1, 0.15) is 35.3 Å². The molecule has 0 atom stereocenters. The van der Waals surface area contributed by atoms with Crippen molar-refractivity contribution in [1.29, 1.82) is 0 Å². The number of amides is 1. The second-order valence-electron chi connectivity index (χ2n) is 5.95. The number of hydrogen-bond donors (Lipinski definition) is 1. The zero-order chi connectivity index (χ0) is 16.2. The molecule has 1 saturated heterocycles. The van der Waals surface area contributed by atoms with Crippen LogP contribution >= 0.6 is 22.6 Å². The Morgan fingerprint density at radius 3 is 2.52 bits per heavy atom. The number of nitrogens with one attached hydrogen (secondary N) is 1. The molecule has 2 heterocycles. The minimum Gasteiger partial charge on any atom is -0.321 e. The molecule has 0 aliphatic carbocycles.